The van der Waals surface area contributed by atoms with Gasteiger partial charge in [0.1, 0.15) is 5.75 Å². The van der Waals surface area contributed by atoms with Crippen LogP contribution >= 0.6 is 11.8 Å². The second-order valence-electron chi connectivity index (χ2n) is 3.16. The highest BCUT2D eigenvalue weighted by molar-refractivity contribution is 7.99. The van der Waals surface area contributed by atoms with Crippen molar-refractivity contribution in [3.63, 3.8) is 0 Å². The van der Waals surface area contributed by atoms with Gasteiger partial charge in [0.15, 0.2) is 0 Å². The number of hydrogen-bond acceptors (Lipinski definition) is 4. The normalized spacial score (nSPS) is 12.5. The summed E-state index contributed by atoms with van der Waals surface area (Å²) < 4.78 is 5.18. The summed E-state index contributed by atoms with van der Waals surface area (Å²) in [6, 6.07) is 8.17. The molecule has 1 aromatic rings. The third-order valence-corrected chi connectivity index (χ3v) is 3.16. The molecule has 1 aromatic carbocycles. The van der Waals surface area contributed by atoms with Crippen LogP contribution < -0.4 is 16.0 Å². The summed E-state index contributed by atoms with van der Waals surface area (Å²) in [6.45, 7) is 2.14. The topological polar surface area (TPSA) is 47.3 Å². The molecule has 84 valence electrons. The van der Waals surface area contributed by atoms with Crippen molar-refractivity contribution in [1.29, 1.82) is 0 Å². The molecule has 0 aromatic heterocycles. The molecule has 0 aliphatic heterocycles. The molecule has 0 aliphatic rings. The maximum absolute atomic E-state index is 5.53. The summed E-state index contributed by atoms with van der Waals surface area (Å²) in [5.74, 6) is 8.47. The number of benzene rings is 1. The minimum atomic E-state index is 0.185. The highest BCUT2D eigenvalue weighted by atomic mass is 32.2. The first-order valence-corrected chi connectivity index (χ1v) is 6.15. The van der Waals surface area contributed by atoms with E-state index < -0.39 is 0 Å². The molecule has 0 fully saturated rings. The standard InChI is InChI=1S/C11H18N2OS/c1-3-15-8-11(13-12)9-5-4-6-10(7-9)14-2/h4-7,11,13H,3,8,12H2,1-2H3. The molecule has 0 radical (unpaired) electrons. The molecular formula is C11H18N2OS. The average molecular weight is 226 g/mol. The van der Waals surface area contributed by atoms with Gasteiger partial charge in [-0.15, -0.1) is 0 Å². The molecule has 0 heterocycles. The van der Waals surface area contributed by atoms with Crippen LogP contribution in [0.2, 0.25) is 0 Å². The van der Waals surface area contributed by atoms with E-state index in [0.717, 1.165) is 22.8 Å². The van der Waals surface area contributed by atoms with Crippen molar-refractivity contribution in [2.24, 2.45) is 5.84 Å². The fourth-order valence-corrected chi connectivity index (χ4v) is 2.09. The molecule has 0 saturated carbocycles. The molecule has 0 bridgehead atoms. The molecule has 0 saturated heterocycles. The number of hydrogen-bond donors (Lipinski definition) is 2. The van der Waals surface area contributed by atoms with E-state index in [2.05, 4.69) is 18.4 Å². The van der Waals surface area contributed by atoms with Crippen molar-refractivity contribution in [2.75, 3.05) is 18.6 Å². The fraction of sp³-hybridized carbons (Fsp3) is 0.455. The third-order valence-electron chi connectivity index (χ3n) is 2.19. The number of nitrogens with one attached hydrogen (secondary N) is 1. The van der Waals surface area contributed by atoms with Gasteiger partial charge < -0.3 is 4.74 Å². The summed E-state index contributed by atoms with van der Waals surface area (Å²) in [5.41, 5.74) is 3.99. The first-order chi connectivity index (χ1) is 7.31. The Hall–Kier alpha value is -0.710. The van der Waals surface area contributed by atoms with Crippen LogP contribution in [0.1, 0.15) is 18.5 Å². The molecule has 15 heavy (non-hydrogen) atoms. The van der Waals surface area contributed by atoms with Gasteiger partial charge in [-0.1, -0.05) is 19.1 Å². The average Bonchev–Trinajstić information content (AvgIpc) is 2.30. The van der Waals surface area contributed by atoms with Gasteiger partial charge in [-0.05, 0) is 23.4 Å². The Morgan fingerprint density at radius 2 is 2.33 bits per heavy atom. The lowest BCUT2D eigenvalue weighted by Gasteiger charge is -2.16. The van der Waals surface area contributed by atoms with Crippen LogP contribution in [0.25, 0.3) is 0 Å². The Balaban J connectivity index is 2.72. The quantitative estimate of drug-likeness (QED) is 0.575. The van der Waals surface area contributed by atoms with Gasteiger partial charge in [0.25, 0.3) is 0 Å². The van der Waals surface area contributed by atoms with Crippen molar-refractivity contribution in [3.05, 3.63) is 29.8 Å². The van der Waals surface area contributed by atoms with Crippen molar-refractivity contribution >= 4 is 11.8 Å². The monoisotopic (exact) mass is 226 g/mol. The van der Waals surface area contributed by atoms with Crippen LogP contribution in [0, 0.1) is 0 Å². The van der Waals surface area contributed by atoms with E-state index in [0.29, 0.717) is 0 Å². The second-order valence-corrected chi connectivity index (χ2v) is 4.47. The number of thioether (sulfide) groups is 1. The second kappa shape index (κ2) is 6.71. The summed E-state index contributed by atoms with van der Waals surface area (Å²) >= 11 is 1.87. The largest absolute Gasteiger partial charge is 0.497 e. The minimum Gasteiger partial charge on any atom is -0.497 e. The summed E-state index contributed by atoms with van der Waals surface area (Å²) in [7, 11) is 1.67. The highest BCUT2D eigenvalue weighted by Gasteiger charge is 2.09. The van der Waals surface area contributed by atoms with Crippen LogP contribution in [-0.2, 0) is 0 Å². The van der Waals surface area contributed by atoms with Crippen LogP contribution in [0.3, 0.4) is 0 Å². The van der Waals surface area contributed by atoms with Gasteiger partial charge >= 0.3 is 0 Å². The number of rotatable bonds is 6. The molecule has 1 rings (SSSR count). The molecule has 1 unspecified atom stereocenters. The van der Waals surface area contributed by atoms with E-state index in [1.54, 1.807) is 7.11 Å². The van der Waals surface area contributed by atoms with Gasteiger partial charge in [-0.2, -0.15) is 11.8 Å². The van der Waals surface area contributed by atoms with Gasteiger partial charge in [0.05, 0.1) is 13.2 Å². The Morgan fingerprint density at radius 3 is 2.93 bits per heavy atom. The lowest BCUT2D eigenvalue weighted by molar-refractivity contribution is 0.413. The number of nitrogens with two attached hydrogens (primary N) is 1. The van der Waals surface area contributed by atoms with Crippen LogP contribution in [0.15, 0.2) is 24.3 Å². The third kappa shape index (κ3) is 3.74. The molecule has 4 heteroatoms. The zero-order valence-electron chi connectivity index (χ0n) is 9.19. The predicted octanol–water partition coefficient (Wildman–Crippen LogP) is 1.95. The molecule has 3 N–H and O–H groups in total. The van der Waals surface area contributed by atoms with Crippen molar-refractivity contribution in [3.8, 4) is 5.75 Å². The van der Waals surface area contributed by atoms with E-state index in [9.17, 15) is 0 Å². The van der Waals surface area contributed by atoms with Crippen LogP contribution in [-0.4, -0.2) is 18.6 Å². The Kier molecular flexibility index (Phi) is 5.53. The van der Waals surface area contributed by atoms with Crippen molar-refractivity contribution < 1.29 is 4.74 Å². The summed E-state index contributed by atoms with van der Waals surface area (Å²) in [4.78, 5) is 0. The number of ether oxygens (including phenoxy) is 1. The molecule has 0 amide bonds. The Labute approximate surface area is 95.4 Å². The van der Waals surface area contributed by atoms with E-state index >= 15 is 0 Å². The Morgan fingerprint density at radius 1 is 1.53 bits per heavy atom. The van der Waals surface area contributed by atoms with Gasteiger partial charge in [-0.25, -0.2) is 0 Å². The smallest absolute Gasteiger partial charge is 0.119 e. The number of methoxy groups -OCH3 is 1. The highest BCUT2D eigenvalue weighted by Crippen LogP contribution is 2.21. The lowest BCUT2D eigenvalue weighted by atomic mass is 10.1. The maximum Gasteiger partial charge on any atom is 0.119 e. The van der Waals surface area contributed by atoms with Gasteiger partial charge in [0, 0.05) is 5.75 Å². The van der Waals surface area contributed by atoms with Crippen molar-refractivity contribution in [1.82, 2.24) is 5.43 Å². The zero-order chi connectivity index (χ0) is 11.1. The summed E-state index contributed by atoms with van der Waals surface area (Å²) in [6.07, 6.45) is 0. The van der Waals surface area contributed by atoms with Gasteiger partial charge in [-0.3, -0.25) is 11.3 Å². The molecule has 3 nitrogen and oxygen atoms in total. The molecule has 1 atom stereocenters. The van der Waals surface area contributed by atoms with Crippen molar-refractivity contribution in [2.45, 2.75) is 13.0 Å². The first-order valence-electron chi connectivity index (χ1n) is 4.99. The fourth-order valence-electron chi connectivity index (χ4n) is 1.33. The van der Waals surface area contributed by atoms with E-state index in [-0.39, 0.29) is 6.04 Å². The van der Waals surface area contributed by atoms with E-state index in [1.807, 2.05) is 30.0 Å². The first kappa shape index (κ1) is 12.4. The Bertz CT molecular complexity index is 294. The number of hydrazine groups is 1. The van der Waals surface area contributed by atoms with Crippen LogP contribution in [0.5, 0.6) is 5.75 Å². The van der Waals surface area contributed by atoms with Crippen LogP contribution in [0.4, 0.5) is 0 Å². The summed E-state index contributed by atoms with van der Waals surface area (Å²) in [5, 5.41) is 0. The SMILES string of the molecule is CCSCC(NN)c1cccc(OC)c1. The zero-order valence-corrected chi connectivity index (χ0v) is 10.0. The predicted molar refractivity (Wildman–Crippen MR) is 66.1 cm³/mol. The lowest BCUT2D eigenvalue weighted by Crippen LogP contribution is -2.29. The van der Waals surface area contributed by atoms with Gasteiger partial charge in [0.2, 0.25) is 0 Å². The van der Waals surface area contributed by atoms with E-state index in [1.165, 1.54) is 0 Å². The molecule has 0 spiro atoms. The van der Waals surface area contributed by atoms with E-state index in [4.69, 9.17) is 10.6 Å². The molecule has 0 aliphatic carbocycles. The maximum atomic E-state index is 5.53. The minimum absolute atomic E-state index is 0.185. The molecular weight excluding hydrogens is 208 g/mol.